The van der Waals surface area contributed by atoms with Gasteiger partial charge < -0.3 is 20.2 Å². The van der Waals surface area contributed by atoms with E-state index in [9.17, 15) is 9.59 Å². The minimum Gasteiger partial charge on any atom is -0.469 e. The number of hydrogen-bond donors (Lipinski definition) is 2. The Morgan fingerprint density at radius 1 is 1.07 bits per heavy atom. The van der Waals surface area contributed by atoms with Crippen molar-refractivity contribution >= 4 is 22.8 Å². The van der Waals surface area contributed by atoms with E-state index in [2.05, 4.69) is 4.98 Å². The fourth-order valence-corrected chi connectivity index (χ4v) is 3.02. The van der Waals surface area contributed by atoms with Gasteiger partial charge >= 0.3 is 11.9 Å². The minimum atomic E-state index is -1.52. The lowest BCUT2D eigenvalue weighted by molar-refractivity contribution is -0.156. The summed E-state index contributed by atoms with van der Waals surface area (Å²) in [7, 11) is 1.27. The maximum absolute atomic E-state index is 12.8. The van der Waals surface area contributed by atoms with Gasteiger partial charge in [0, 0.05) is 23.5 Å². The summed E-state index contributed by atoms with van der Waals surface area (Å²) in [6.45, 7) is 0.0910. The molecule has 1 unspecified atom stereocenters. The first-order chi connectivity index (χ1) is 13.0. The molecule has 27 heavy (non-hydrogen) atoms. The predicted octanol–water partition coefficient (Wildman–Crippen LogP) is 2.71. The number of fused-ring (bicyclic) bond motifs is 1. The highest BCUT2D eigenvalue weighted by Gasteiger charge is 2.39. The lowest BCUT2D eigenvalue weighted by Crippen LogP contribution is -2.52. The van der Waals surface area contributed by atoms with Crippen molar-refractivity contribution < 1.29 is 19.1 Å². The molecule has 0 aliphatic heterocycles. The third-order valence-corrected chi connectivity index (χ3v) is 4.49. The van der Waals surface area contributed by atoms with Crippen LogP contribution in [0, 0.1) is 0 Å². The number of benzene rings is 2. The first-order valence-corrected chi connectivity index (χ1v) is 8.64. The van der Waals surface area contributed by atoms with Gasteiger partial charge in [-0.1, -0.05) is 48.5 Å². The Hall–Kier alpha value is -3.12. The number of H-pyrrole nitrogens is 1. The minimum absolute atomic E-state index is 0.0910. The molecule has 0 radical (unpaired) electrons. The van der Waals surface area contributed by atoms with Gasteiger partial charge in [-0.05, 0) is 17.2 Å². The van der Waals surface area contributed by atoms with Crippen molar-refractivity contribution in [3.63, 3.8) is 0 Å². The number of carbonyl (C=O) groups is 2. The topological polar surface area (TPSA) is 94.4 Å². The molecule has 0 amide bonds. The lowest BCUT2D eigenvalue weighted by Gasteiger charge is -2.26. The molecule has 3 aromatic rings. The Bertz CT molecular complexity index is 936. The van der Waals surface area contributed by atoms with Gasteiger partial charge in [-0.2, -0.15) is 0 Å². The molecule has 0 fully saturated rings. The monoisotopic (exact) mass is 366 g/mol. The molecule has 140 valence electrons. The molecule has 6 nitrogen and oxygen atoms in total. The number of para-hydroxylation sites is 1. The van der Waals surface area contributed by atoms with E-state index < -0.39 is 17.5 Å². The molecule has 0 aliphatic rings. The summed E-state index contributed by atoms with van der Waals surface area (Å²) in [6.07, 6.45) is 1.68. The normalized spacial score (nSPS) is 13.1. The van der Waals surface area contributed by atoms with Crippen molar-refractivity contribution in [1.82, 2.24) is 4.98 Å². The predicted molar refractivity (Wildman–Crippen MR) is 102 cm³/mol. The van der Waals surface area contributed by atoms with E-state index in [1.807, 2.05) is 54.6 Å². The SMILES string of the molecule is COC(=O)CC(N)(Cc1c[nH]c2ccccc12)C(=O)OCc1ccccc1. The van der Waals surface area contributed by atoms with Crippen LogP contribution in [0.4, 0.5) is 0 Å². The Balaban J connectivity index is 1.82. The van der Waals surface area contributed by atoms with Crippen LogP contribution in [0.5, 0.6) is 0 Å². The van der Waals surface area contributed by atoms with E-state index in [4.69, 9.17) is 15.2 Å². The molecule has 0 saturated heterocycles. The molecule has 0 spiro atoms. The van der Waals surface area contributed by atoms with Crippen molar-refractivity contribution in [2.45, 2.75) is 25.0 Å². The molecule has 1 atom stereocenters. The summed E-state index contributed by atoms with van der Waals surface area (Å²) >= 11 is 0. The zero-order valence-electron chi connectivity index (χ0n) is 15.1. The van der Waals surface area contributed by atoms with Gasteiger partial charge in [-0.15, -0.1) is 0 Å². The van der Waals surface area contributed by atoms with Gasteiger partial charge in [0.05, 0.1) is 13.5 Å². The van der Waals surface area contributed by atoms with Crippen molar-refractivity contribution in [3.8, 4) is 0 Å². The summed E-state index contributed by atoms with van der Waals surface area (Å²) in [4.78, 5) is 27.8. The Morgan fingerprint density at radius 2 is 1.78 bits per heavy atom. The molecule has 3 rings (SSSR count). The molecule has 0 aliphatic carbocycles. The molecular weight excluding hydrogens is 344 g/mol. The van der Waals surface area contributed by atoms with E-state index >= 15 is 0 Å². The zero-order valence-corrected chi connectivity index (χ0v) is 15.1. The highest BCUT2D eigenvalue weighted by atomic mass is 16.5. The zero-order chi connectivity index (χ0) is 19.3. The smallest absolute Gasteiger partial charge is 0.327 e. The summed E-state index contributed by atoms with van der Waals surface area (Å²) in [5.74, 6) is -1.20. The highest BCUT2D eigenvalue weighted by Crippen LogP contribution is 2.25. The van der Waals surface area contributed by atoms with E-state index in [0.717, 1.165) is 22.0 Å². The summed E-state index contributed by atoms with van der Waals surface area (Å²) < 4.78 is 10.1. The van der Waals surface area contributed by atoms with Crippen LogP contribution in [-0.2, 0) is 32.1 Å². The summed E-state index contributed by atoms with van der Waals surface area (Å²) in [6, 6.07) is 17.0. The molecule has 1 aromatic heterocycles. The number of rotatable bonds is 7. The Kier molecular flexibility index (Phi) is 5.57. The van der Waals surface area contributed by atoms with Crippen molar-refractivity contribution in [3.05, 3.63) is 71.9 Å². The second kappa shape index (κ2) is 8.05. The van der Waals surface area contributed by atoms with E-state index in [1.54, 1.807) is 6.20 Å². The van der Waals surface area contributed by atoms with Gasteiger partial charge in [0.25, 0.3) is 0 Å². The van der Waals surface area contributed by atoms with Gasteiger partial charge in [0.15, 0.2) is 0 Å². The van der Waals surface area contributed by atoms with Crippen LogP contribution >= 0.6 is 0 Å². The number of carbonyl (C=O) groups excluding carboxylic acids is 2. The second-order valence-corrected chi connectivity index (χ2v) is 6.51. The van der Waals surface area contributed by atoms with Crippen LogP contribution < -0.4 is 5.73 Å². The third kappa shape index (κ3) is 4.35. The van der Waals surface area contributed by atoms with Gasteiger partial charge in [-0.25, -0.2) is 0 Å². The Labute approximate surface area is 157 Å². The highest BCUT2D eigenvalue weighted by molar-refractivity contribution is 5.89. The molecule has 2 aromatic carbocycles. The van der Waals surface area contributed by atoms with Crippen LogP contribution in [0.2, 0.25) is 0 Å². The maximum Gasteiger partial charge on any atom is 0.327 e. The van der Waals surface area contributed by atoms with Crippen LogP contribution in [0.15, 0.2) is 60.8 Å². The number of hydrogen-bond acceptors (Lipinski definition) is 5. The largest absolute Gasteiger partial charge is 0.469 e. The van der Waals surface area contributed by atoms with Crippen LogP contribution in [0.25, 0.3) is 10.9 Å². The van der Waals surface area contributed by atoms with Crippen LogP contribution in [0.1, 0.15) is 17.5 Å². The molecule has 6 heteroatoms. The van der Waals surface area contributed by atoms with E-state index in [-0.39, 0.29) is 19.4 Å². The quantitative estimate of drug-likeness (QED) is 0.627. The first-order valence-electron chi connectivity index (χ1n) is 8.64. The van der Waals surface area contributed by atoms with E-state index in [0.29, 0.717) is 0 Å². The number of nitrogens with one attached hydrogen (secondary N) is 1. The average molecular weight is 366 g/mol. The number of methoxy groups -OCH3 is 1. The summed E-state index contributed by atoms with van der Waals surface area (Å²) in [5.41, 5.74) is 7.48. The number of esters is 2. The number of ether oxygens (including phenoxy) is 2. The van der Waals surface area contributed by atoms with Crippen molar-refractivity contribution in [2.24, 2.45) is 5.73 Å². The van der Waals surface area contributed by atoms with Crippen LogP contribution in [-0.4, -0.2) is 29.6 Å². The summed E-state index contributed by atoms with van der Waals surface area (Å²) in [5, 5.41) is 0.952. The Morgan fingerprint density at radius 3 is 2.52 bits per heavy atom. The molecular formula is C21H22N2O4. The fraction of sp³-hybridized carbons (Fsp3) is 0.238. The number of nitrogens with two attached hydrogens (primary N) is 1. The maximum atomic E-state index is 12.8. The molecule has 0 saturated carbocycles. The second-order valence-electron chi connectivity index (χ2n) is 6.51. The third-order valence-electron chi connectivity index (χ3n) is 4.49. The van der Waals surface area contributed by atoms with Crippen molar-refractivity contribution in [2.75, 3.05) is 7.11 Å². The number of aromatic amines is 1. The average Bonchev–Trinajstić information content (AvgIpc) is 3.09. The van der Waals surface area contributed by atoms with Gasteiger partial charge in [0.1, 0.15) is 12.1 Å². The first kappa shape index (κ1) is 18.7. The van der Waals surface area contributed by atoms with Gasteiger partial charge in [0.2, 0.25) is 0 Å². The standard InChI is InChI=1S/C21H22N2O4/c1-26-19(24)12-21(22,20(25)27-14-15-7-3-2-4-8-15)11-16-13-23-18-10-6-5-9-17(16)18/h2-10,13,23H,11-12,14,22H2,1H3. The van der Waals surface area contributed by atoms with Crippen molar-refractivity contribution in [1.29, 1.82) is 0 Å². The van der Waals surface area contributed by atoms with E-state index in [1.165, 1.54) is 7.11 Å². The molecule has 1 heterocycles. The fourth-order valence-electron chi connectivity index (χ4n) is 3.02. The molecule has 3 N–H and O–H groups in total. The van der Waals surface area contributed by atoms with Crippen LogP contribution in [0.3, 0.4) is 0 Å². The number of aromatic nitrogens is 1. The van der Waals surface area contributed by atoms with Gasteiger partial charge in [-0.3, -0.25) is 9.59 Å². The lowest BCUT2D eigenvalue weighted by atomic mass is 9.88. The molecule has 0 bridgehead atoms.